The van der Waals surface area contributed by atoms with Crippen molar-refractivity contribution in [3.63, 3.8) is 0 Å². The zero-order valence-corrected chi connectivity index (χ0v) is 16.3. The summed E-state index contributed by atoms with van der Waals surface area (Å²) in [5.41, 5.74) is 2.73. The Morgan fingerprint density at radius 1 is 1.26 bits per heavy atom. The summed E-state index contributed by atoms with van der Waals surface area (Å²) in [6.45, 7) is 16.9. The molecule has 0 radical (unpaired) electrons. The lowest BCUT2D eigenvalue weighted by molar-refractivity contribution is -0.148. The van der Waals surface area contributed by atoms with Crippen molar-refractivity contribution in [1.82, 2.24) is 0 Å². The van der Waals surface area contributed by atoms with Gasteiger partial charge >= 0.3 is 11.9 Å². The molecule has 0 aromatic rings. The molecule has 0 fully saturated rings. The summed E-state index contributed by atoms with van der Waals surface area (Å²) in [4.78, 5) is 36.5. The highest BCUT2D eigenvalue weighted by atomic mass is 16.5. The summed E-state index contributed by atoms with van der Waals surface area (Å²) in [6.07, 6.45) is 1.10. The van der Waals surface area contributed by atoms with Gasteiger partial charge in [0.25, 0.3) is 0 Å². The Bertz CT molecular complexity index is 755. The molecule has 5 heteroatoms. The highest BCUT2D eigenvalue weighted by Crippen LogP contribution is 2.47. The van der Waals surface area contributed by atoms with Crippen LogP contribution in [0.25, 0.3) is 0 Å². The zero-order valence-electron chi connectivity index (χ0n) is 16.3. The molecule has 146 valence electrons. The minimum Gasteiger partial charge on any atom is -0.478 e. The first kappa shape index (κ1) is 20.9. The second-order valence-electron chi connectivity index (χ2n) is 7.69. The first-order valence-electron chi connectivity index (χ1n) is 9.29. The van der Waals surface area contributed by atoms with E-state index in [9.17, 15) is 19.5 Å². The van der Waals surface area contributed by atoms with Crippen LogP contribution >= 0.6 is 0 Å². The lowest BCUT2D eigenvalue weighted by Gasteiger charge is -2.37. The van der Waals surface area contributed by atoms with Crippen LogP contribution in [0.15, 0.2) is 47.6 Å². The number of carboxylic acid groups (broad SMARTS) is 1. The lowest BCUT2D eigenvalue weighted by atomic mass is 9.70. The molecular weight excluding hydrogens is 344 g/mol. The van der Waals surface area contributed by atoms with E-state index in [0.29, 0.717) is 25.7 Å². The maximum atomic E-state index is 12.5. The first-order chi connectivity index (χ1) is 12.6. The molecule has 0 saturated heterocycles. The summed E-state index contributed by atoms with van der Waals surface area (Å²) >= 11 is 0. The van der Waals surface area contributed by atoms with Crippen molar-refractivity contribution in [2.45, 2.75) is 52.6 Å². The van der Waals surface area contributed by atoms with Crippen LogP contribution < -0.4 is 0 Å². The van der Waals surface area contributed by atoms with Crippen LogP contribution in [-0.4, -0.2) is 28.9 Å². The van der Waals surface area contributed by atoms with E-state index < -0.39 is 24.0 Å². The van der Waals surface area contributed by atoms with E-state index in [2.05, 4.69) is 19.7 Å². The van der Waals surface area contributed by atoms with Gasteiger partial charge < -0.3 is 9.84 Å². The second-order valence-corrected chi connectivity index (χ2v) is 7.69. The molecule has 0 bridgehead atoms. The van der Waals surface area contributed by atoms with Gasteiger partial charge in [-0.3, -0.25) is 4.79 Å². The molecule has 1 N–H and O–H groups in total. The van der Waals surface area contributed by atoms with Gasteiger partial charge in [0.05, 0.1) is 0 Å². The number of esters is 1. The van der Waals surface area contributed by atoms with Crippen molar-refractivity contribution < 1.29 is 24.2 Å². The van der Waals surface area contributed by atoms with Gasteiger partial charge in [0.15, 0.2) is 5.78 Å². The molecule has 4 atom stereocenters. The van der Waals surface area contributed by atoms with E-state index in [1.165, 1.54) is 0 Å². The van der Waals surface area contributed by atoms with E-state index in [1.54, 1.807) is 6.92 Å². The van der Waals surface area contributed by atoms with E-state index >= 15 is 0 Å². The highest BCUT2D eigenvalue weighted by molar-refractivity contribution is 6.00. The van der Waals surface area contributed by atoms with E-state index in [-0.39, 0.29) is 28.8 Å². The molecule has 0 aromatic carbocycles. The maximum Gasteiger partial charge on any atom is 0.333 e. The molecule has 2 aliphatic carbocycles. The monoisotopic (exact) mass is 372 g/mol. The molecule has 0 unspecified atom stereocenters. The van der Waals surface area contributed by atoms with Crippen LogP contribution in [0.2, 0.25) is 0 Å². The fourth-order valence-electron chi connectivity index (χ4n) is 4.38. The van der Waals surface area contributed by atoms with E-state index in [0.717, 1.165) is 16.7 Å². The van der Waals surface area contributed by atoms with Gasteiger partial charge in [-0.2, -0.15) is 0 Å². The molecule has 0 aromatic heterocycles. The Morgan fingerprint density at radius 3 is 2.41 bits per heavy atom. The molecule has 2 aliphatic rings. The average Bonchev–Trinajstić information content (AvgIpc) is 2.83. The summed E-state index contributed by atoms with van der Waals surface area (Å²) in [6, 6.07) is 0. The van der Waals surface area contributed by atoms with Gasteiger partial charge in [0, 0.05) is 29.9 Å². The van der Waals surface area contributed by atoms with Gasteiger partial charge in [-0.15, -0.1) is 0 Å². The van der Waals surface area contributed by atoms with Crippen molar-refractivity contribution in [2.75, 3.05) is 0 Å². The number of allylic oxidation sites excluding steroid dienone is 2. The Balaban J connectivity index is 2.61. The Labute approximate surface area is 160 Å². The number of rotatable bonds is 5. The number of hydrogen-bond acceptors (Lipinski definition) is 4. The molecule has 0 saturated carbocycles. The third-order valence-electron chi connectivity index (χ3n) is 5.58. The van der Waals surface area contributed by atoms with E-state index in [1.807, 2.05) is 13.8 Å². The van der Waals surface area contributed by atoms with Crippen LogP contribution in [0.3, 0.4) is 0 Å². The number of hydrogen-bond donors (Lipinski definition) is 1. The van der Waals surface area contributed by atoms with Crippen molar-refractivity contribution in [1.29, 1.82) is 0 Å². The van der Waals surface area contributed by atoms with Crippen molar-refractivity contribution in [3.8, 4) is 0 Å². The first-order valence-corrected chi connectivity index (χ1v) is 9.29. The third-order valence-corrected chi connectivity index (χ3v) is 5.58. The lowest BCUT2D eigenvalue weighted by Crippen LogP contribution is -2.38. The molecule has 0 amide bonds. The zero-order chi connectivity index (χ0) is 20.5. The maximum absolute atomic E-state index is 12.5. The van der Waals surface area contributed by atoms with Gasteiger partial charge in [-0.25, -0.2) is 9.59 Å². The van der Waals surface area contributed by atoms with Gasteiger partial charge in [-0.05, 0) is 37.2 Å². The number of ketones is 1. The number of Topliss-reactive ketones (excluding diaryl/α,β-unsaturated/α-hetero) is 1. The molecule has 2 rings (SSSR count). The summed E-state index contributed by atoms with van der Waals surface area (Å²) in [5, 5.41) is 9.63. The molecule has 27 heavy (non-hydrogen) atoms. The average molecular weight is 372 g/mol. The largest absolute Gasteiger partial charge is 0.478 e. The standard InChI is InChI=1S/C22H28O5/c1-7-15-19-13(5)10-17(23)16(19)8-12(4)9-18(27-22(26)11(2)3)20(15)14(6)21(24)25/h13,15,18,20H,2,4,6-10H2,1,3,5H3,(H,24,25)/t13-,15-,18+,20+/m1/s1. The van der Waals surface area contributed by atoms with Crippen molar-refractivity contribution in [3.05, 3.63) is 47.6 Å². The Morgan fingerprint density at radius 2 is 1.89 bits per heavy atom. The van der Waals surface area contributed by atoms with Gasteiger partial charge in [-0.1, -0.05) is 44.7 Å². The van der Waals surface area contributed by atoms with E-state index in [4.69, 9.17) is 4.74 Å². The summed E-state index contributed by atoms with van der Waals surface area (Å²) in [5.74, 6) is -2.39. The third kappa shape index (κ3) is 4.12. The SMILES string of the molecule is C=C1CC2=C([C@H](C)CC2=O)[C@@H](CC)[C@H](C(=C)C(=O)O)[C@@H](OC(=O)C(=C)C)C1. The molecular formula is C22H28O5. The topological polar surface area (TPSA) is 80.7 Å². The molecule has 5 nitrogen and oxygen atoms in total. The second kappa shape index (κ2) is 8.07. The number of carbonyl (C=O) groups is 3. The van der Waals surface area contributed by atoms with Gasteiger partial charge in [0.1, 0.15) is 6.10 Å². The van der Waals surface area contributed by atoms with Crippen LogP contribution in [0.1, 0.15) is 46.5 Å². The van der Waals surface area contributed by atoms with Crippen LogP contribution in [-0.2, 0) is 19.1 Å². The quantitative estimate of drug-likeness (QED) is 0.448. The Hall–Kier alpha value is -2.43. The number of aliphatic carboxylic acids is 1. The highest BCUT2D eigenvalue weighted by Gasteiger charge is 2.44. The van der Waals surface area contributed by atoms with Crippen LogP contribution in [0, 0.1) is 17.8 Å². The van der Waals surface area contributed by atoms with Gasteiger partial charge in [0.2, 0.25) is 0 Å². The molecule has 0 spiro atoms. The molecule has 0 aliphatic heterocycles. The number of carbonyl (C=O) groups excluding carboxylic acids is 2. The Kier molecular flexibility index (Phi) is 6.24. The number of carboxylic acids is 1. The number of ether oxygens (including phenoxy) is 1. The fraction of sp³-hybridized carbons (Fsp3) is 0.500. The predicted molar refractivity (Wildman–Crippen MR) is 103 cm³/mol. The van der Waals surface area contributed by atoms with Crippen LogP contribution in [0.5, 0.6) is 0 Å². The smallest absolute Gasteiger partial charge is 0.333 e. The van der Waals surface area contributed by atoms with Crippen LogP contribution in [0.4, 0.5) is 0 Å². The van der Waals surface area contributed by atoms with Crippen molar-refractivity contribution >= 4 is 17.7 Å². The minimum atomic E-state index is -1.12. The fourth-order valence-corrected chi connectivity index (χ4v) is 4.38. The normalized spacial score (nSPS) is 28.3. The summed E-state index contributed by atoms with van der Waals surface area (Å²) < 4.78 is 5.65. The van der Waals surface area contributed by atoms with Crippen molar-refractivity contribution in [2.24, 2.45) is 17.8 Å². The predicted octanol–water partition coefficient (Wildman–Crippen LogP) is 4.01. The molecule has 0 heterocycles. The minimum absolute atomic E-state index is 0.00513. The summed E-state index contributed by atoms with van der Waals surface area (Å²) in [7, 11) is 0.